The minimum Gasteiger partial charge on any atom is -0.480 e. The summed E-state index contributed by atoms with van der Waals surface area (Å²) in [4.78, 5) is 22.7. The van der Waals surface area contributed by atoms with E-state index >= 15 is 0 Å². The number of ether oxygens (including phenoxy) is 1. The fourth-order valence-corrected chi connectivity index (χ4v) is 1.77. The van der Waals surface area contributed by atoms with Crippen molar-refractivity contribution in [1.29, 1.82) is 0 Å². The van der Waals surface area contributed by atoms with Crippen LogP contribution in [-0.2, 0) is 16.1 Å². The zero-order chi connectivity index (χ0) is 15.3. The lowest BCUT2D eigenvalue weighted by molar-refractivity contribution is -0.139. The highest BCUT2D eigenvalue weighted by molar-refractivity contribution is 5.79. The normalized spacial score (nSPS) is 16.0. The maximum atomic E-state index is 11.6. The first-order chi connectivity index (χ1) is 9.98. The lowest BCUT2D eigenvalue weighted by atomic mass is 10.1. The molecular weight excluding hydrogens is 274 g/mol. The van der Waals surface area contributed by atoms with E-state index in [1.54, 1.807) is 6.92 Å². The molecule has 1 aromatic rings. The average molecular weight is 291 g/mol. The Balaban J connectivity index is 1.76. The number of hydrogen-bond donors (Lipinski definition) is 2. The Labute approximate surface area is 122 Å². The van der Waals surface area contributed by atoms with Gasteiger partial charge in [-0.25, -0.2) is 9.59 Å². The molecule has 0 saturated carbocycles. The molecule has 112 valence electrons. The van der Waals surface area contributed by atoms with Gasteiger partial charge in [0.2, 0.25) is 0 Å². The van der Waals surface area contributed by atoms with Crippen molar-refractivity contribution in [3.8, 4) is 0 Å². The molecule has 1 atom stereocenters. The first-order valence-corrected chi connectivity index (χ1v) is 6.63. The largest absolute Gasteiger partial charge is 0.480 e. The lowest BCUT2D eigenvalue weighted by Crippen LogP contribution is -2.41. The first-order valence-electron chi connectivity index (χ1n) is 6.63. The fourth-order valence-electron chi connectivity index (χ4n) is 1.77. The molecule has 0 aromatic heterocycles. The molecule has 0 saturated heterocycles. The Morgan fingerprint density at radius 1 is 1.33 bits per heavy atom. The highest BCUT2D eigenvalue weighted by Gasteiger charge is 2.35. The summed E-state index contributed by atoms with van der Waals surface area (Å²) in [6.07, 6.45) is -0.0246. The van der Waals surface area contributed by atoms with Crippen LogP contribution >= 0.6 is 0 Å². The Kier molecular flexibility index (Phi) is 4.52. The summed E-state index contributed by atoms with van der Waals surface area (Å²) in [7, 11) is 0. The van der Waals surface area contributed by atoms with Gasteiger partial charge in [0, 0.05) is 0 Å². The van der Waals surface area contributed by atoms with Gasteiger partial charge in [-0.2, -0.15) is 10.2 Å². The van der Waals surface area contributed by atoms with Crippen LogP contribution in [0.4, 0.5) is 4.79 Å². The topological polar surface area (TPSA) is 100 Å². The number of benzene rings is 1. The third kappa shape index (κ3) is 4.87. The predicted molar refractivity (Wildman–Crippen MR) is 73.7 cm³/mol. The minimum atomic E-state index is -1.10. The summed E-state index contributed by atoms with van der Waals surface area (Å²) in [6, 6.07) is 8.16. The van der Waals surface area contributed by atoms with Crippen LogP contribution in [0.25, 0.3) is 0 Å². The van der Waals surface area contributed by atoms with Gasteiger partial charge in [0.05, 0.1) is 0 Å². The smallest absolute Gasteiger partial charge is 0.408 e. The quantitative estimate of drug-likeness (QED) is 0.805. The van der Waals surface area contributed by atoms with E-state index in [0.717, 1.165) is 5.56 Å². The molecular formula is C14H17N3O4. The molecule has 7 heteroatoms. The summed E-state index contributed by atoms with van der Waals surface area (Å²) in [5.74, 6) is -1.10. The van der Waals surface area contributed by atoms with Crippen LogP contribution in [0.3, 0.4) is 0 Å². The predicted octanol–water partition coefficient (Wildman–Crippen LogP) is 2.33. The number of hydrogen-bond acceptors (Lipinski definition) is 5. The maximum absolute atomic E-state index is 11.6. The number of carboxylic acid groups (broad SMARTS) is 1. The van der Waals surface area contributed by atoms with Crippen molar-refractivity contribution in [2.75, 3.05) is 0 Å². The number of carboxylic acids is 1. The SMILES string of the molecule is CC1(CCC(NC(=O)OCc2ccccc2)C(=O)O)N=N1. The Hall–Kier alpha value is -2.44. The number of aliphatic carboxylic acids is 1. The van der Waals surface area contributed by atoms with Crippen molar-refractivity contribution < 1.29 is 19.4 Å². The van der Waals surface area contributed by atoms with Gasteiger partial charge in [0.15, 0.2) is 5.66 Å². The van der Waals surface area contributed by atoms with Crippen molar-refractivity contribution in [1.82, 2.24) is 5.32 Å². The van der Waals surface area contributed by atoms with Crippen molar-refractivity contribution in [2.24, 2.45) is 10.2 Å². The van der Waals surface area contributed by atoms with Crippen LogP contribution in [0.15, 0.2) is 40.6 Å². The molecule has 1 unspecified atom stereocenters. The maximum Gasteiger partial charge on any atom is 0.408 e. The molecule has 2 rings (SSSR count). The summed E-state index contributed by atoms with van der Waals surface area (Å²) >= 11 is 0. The van der Waals surface area contributed by atoms with E-state index in [9.17, 15) is 9.59 Å². The van der Waals surface area contributed by atoms with Crippen molar-refractivity contribution >= 4 is 12.1 Å². The average Bonchev–Trinajstić information content (AvgIpc) is 3.20. The fraction of sp³-hybridized carbons (Fsp3) is 0.429. The molecule has 1 aromatic carbocycles. The second kappa shape index (κ2) is 6.34. The number of alkyl carbamates (subject to hydrolysis) is 1. The molecule has 1 amide bonds. The van der Waals surface area contributed by atoms with Crippen molar-refractivity contribution in [3.05, 3.63) is 35.9 Å². The van der Waals surface area contributed by atoms with Gasteiger partial charge in [-0.05, 0) is 25.3 Å². The molecule has 21 heavy (non-hydrogen) atoms. The van der Waals surface area contributed by atoms with Gasteiger partial charge >= 0.3 is 12.1 Å². The van der Waals surface area contributed by atoms with Gasteiger partial charge in [0.1, 0.15) is 12.6 Å². The van der Waals surface area contributed by atoms with E-state index < -0.39 is 23.8 Å². The van der Waals surface area contributed by atoms with E-state index in [1.807, 2.05) is 30.3 Å². The van der Waals surface area contributed by atoms with Crippen LogP contribution in [0.2, 0.25) is 0 Å². The van der Waals surface area contributed by atoms with Crippen molar-refractivity contribution in [3.63, 3.8) is 0 Å². The van der Waals surface area contributed by atoms with Gasteiger partial charge < -0.3 is 15.2 Å². The Morgan fingerprint density at radius 3 is 2.57 bits per heavy atom. The Morgan fingerprint density at radius 2 is 2.00 bits per heavy atom. The number of rotatable bonds is 7. The van der Waals surface area contributed by atoms with E-state index in [-0.39, 0.29) is 13.0 Å². The van der Waals surface area contributed by atoms with E-state index in [0.29, 0.717) is 6.42 Å². The first kappa shape index (κ1) is 15.0. The third-order valence-electron chi connectivity index (χ3n) is 3.15. The number of nitrogens with zero attached hydrogens (tertiary/aromatic N) is 2. The molecule has 0 radical (unpaired) electrons. The van der Waals surface area contributed by atoms with Crippen LogP contribution < -0.4 is 5.32 Å². The van der Waals surface area contributed by atoms with Crippen LogP contribution in [-0.4, -0.2) is 28.9 Å². The molecule has 1 heterocycles. The summed E-state index contributed by atoms with van der Waals surface area (Å²) in [5.41, 5.74) is 0.353. The van der Waals surface area contributed by atoms with Crippen LogP contribution in [0.5, 0.6) is 0 Å². The standard InChI is InChI=1S/C14H17N3O4/c1-14(16-17-14)8-7-11(12(18)19)15-13(20)21-9-10-5-3-2-4-6-10/h2-6,11H,7-9H2,1H3,(H,15,20)(H,18,19). The third-order valence-corrected chi connectivity index (χ3v) is 3.15. The monoisotopic (exact) mass is 291 g/mol. The number of amides is 1. The number of carbonyl (C=O) groups is 2. The zero-order valence-corrected chi connectivity index (χ0v) is 11.7. The van der Waals surface area contributed by atoms with E-state index in [4.69, 9.17) is 9.84 Å². The molecule has 2 N–H and O–H groups in total. The van der Waals surface area contributed by atoms with Crippen LogP contribution in [0, 0.1) is 0 Å². The van der Waals surface area contributed by atoms with Gasteiger partial charge in [-0.15, -0.1) is 0 Å². The van der Waals surface area contributed by atoms with Crippen molar-refractivity contribution in [2.45, 2.75) is 38.1 Å². The van der Waals surface area contributed by atoms with Gasteiger partial charge in [0.25, 0.3) is 0 Å². The zero-order valence-electron chi connectivity index (χ0n) is 11.7. The highest BCUT2D eigenvalue weighted by atomic mass is 16.5. The number of carbonyl (C=O) groups excluding carboxylic acids is 1. The molecule has 0 aliphatic carbocycles. The highest BCUT2D eigenvalue weighted by Crippen LogP contribution is 2.32. The van der Waals surface area contributed by atoms with Gasteiger partial charge in [-0.3, -0.25) is 0 Å². The number of nitrogens with one attached hydrogen (secondary N) is 1. The summed E-state index contributed by atoms with van der Waals surface area (Å²) < 4.78 is 5.00. The second-order valence-corrected chi connectivity index (χ2v) is 5.05. The summed E-state index contributed by atoms with van der Waals surface area (Å²) in [5, 5.41) is 19.1. The Bertz CT molecular complexity index is 538. The molecule has 0 fully saturated rings. The molecule has 0 bridgehead atoms. The molecule has 7 nitrogen and oxygen atoms in total. The molecule has 0 spiro atoms. The van der Waals surface area contributed by atoms with Gasteiger partial charge in [-0.1, -0.05) is 30.3 Å². The lowest BCUT2D eigenvalue weighted by Gasteiger charge is -2.15. The van der Waals surface area contributed by atoms with E-state index in [2.05, 4.69) is 15.5 Å². The molecule has 1 aliphatic rings. The minimum absolute atomic E-state index is 0.0986. The summed E-state index contributed by atoms with van der Waals surface area (Å²) in [6.45, 7) is 1.90. The van der Waals surface area contributed by atoms with Crippen LogP contribution in [0.1, 0.15) is 25.3 Å². The second-order valence-electron chi connectivity index (χ2n) is 5.05. The van der Waals surface area contributed by atoms with E-state index in [1.165, 1.54) is 0 Å². The molecule has 1 aliphatic heterocycles.